The Labute approximate surface area is 220 Å². The number of carbonyl (C=O) groups excluding carboxylic acids is 3. The van der Waals surface area contributed by atoms with Gasteiger partial charge in [0.05, 0.1) is 18.4 Å². The predicted octanol–water partition coefficient (Wildman–Crippen LogP) is 4.43. The molecule has 2 atom stereocenters. The first-order valence-corrected chi connectivity index (χ1v) is 13.2. The fourth-order valence-corrected chi connectivity index (χ4v) is 5.37. The maximum atomic E-state index is 12.6. The number of Topliss-reactive ketones (excluding diaryl/α,β-unsaturated/α-hetero) is 1. The predicted molar refractivity (Wildman–Crippen MR) is 142 cm³/mol. The molecule has 1 aliphatic carbocycles. The summed E-state index contributed by atoms with van der Waals surface area (Å²) in [6.07, 6.45) is 0.670. The summed E-state index contributed by atoms with van der Waals surface area (Å²) in [6, 6.07) is 15.2. The Morgan fingerprint density at radius 2 is 1.68 bits per heavy atom. The smallest absolute Gasteiger partial charge is 0.408 e. The molecular weight excluding hydrogens is 494 g/mol. The van der Waals surface area contributed by atoms with E-state index in [0.29, 0.717) is 5.75 Å². The summed E-state index contributed by atoms with van der Waals surface area (Å²) in [7, 11) is 0. The Kier molecular flexibility index (Phi) is 10.3. The minimum atomic E-state index is -1.08. The molecule has 9 heteroatoms. The second-order valence-electron chi connectivity index (χ2n) is 8.71. The third-order valence-electron chi connectivity index (χ3n) is 6.15. The highest BCUT2D eigenvalue weighted by atomic mass is 32.2. The largest absolute Gasteiger partial charge is 0.481 e. The van der Waals surface area contributed by atoms with Gasteiger partial charge in [0, 0.05) is 11.7 Å². The van der Waals surface area contributed by atoms with Gasteiger partial charge >= 0.3 is 18.0 Å². The van der Waals surface area contributed by atoms with Crippen LogP contribution in [0.2, 0.25) is 0 Å². The Hall–Kier alpha value is -3.59. The van der Waals surface area contributed by atoms with Gasteiger partial charge in [0.25, 0.3) is 0 Å². The highest BCUT2D eigenvalue weighted by molar-refractivity contribution is 7.99. The van der Waals surface area contributed by atoms with E-state index >= 15 is 0 Å². The zero-order valence-corrected chi connectivity index (χ0v) is 21.5. The third kappa shape index (κ3) is 7.69. The summed E-state index contributed by atoms with van der Waals surface area (Å²) in [5.74, 6) is -2.24. The van der Waals surface area contributed by atoms with Crippen molar-refractivity contribution in [2.45, 2.75) is 31.7 Å². The van der Waals surface area contributed by atoms with Crippen LogP contribution in [0.3, 0.4) is 0 Å². The molecule has 0 spiro atoms. The van der Waals surface area contributed by atoms with Crippen molar-refractivity contribution in [3.63, 3.8) is 0 Å². The molecule has 0 radical (unpaired) electrons. The van der Waals surface area contributed by atoms with Crippen molar-refractivity contribution in [1.29, 1.82) is 0 Å². The molecule has 3 rings (SSSR count). The summed E-state index contributed by atoms with van der Waals surface area (Å²) < 4.78 is 10.4. The molecule has 0 bridgehead atoms. The number of carbonyl (C=O) groups is 4. The quantitative estimate of drug-likeness (QED) is 0.211. The number of carboxylic acid groups (broad SMARTS) is 1. The lowest BCUT2D eigenvalue weighted by Crippen LogP contribution is -2.42. The topological polar surface area (TPSA) is 119 Å². The van der Waals surface area contributed by atoms with Gasteiger partial charge in [0.15, 0.2) is 5.78 Å². The van der Waals surface area contributed by atoms with Gasteiger partial charge in [-0.3, -0.25) is 14.4 Å². The van der Waals surface area contributed by atoms with E-state index in [9.17, 15) is 24.3 Å². The normalized spacial score (nSPS) is 13.5. The van der Waals surface area contributed by atoms with Gasteiger partial charge in [-0.25, -0.2) is 4.79 Å². The number of ketones is 1. The molecule has 0 fully saturated rings. The van der Waals surface area contributed by atoms with Crippen LogP contribution >= 0.6 is 11.8 Å². The van der Waals surface area contributed by atoms with Gasteiger partial charge < -0.3 is 19.9 Å². The first-order chi connectivity index (χ1) is 17.8. The number of benzene rings is 2. The van der Waals surface area contributed by atoms with Crippen molar-refractivity contribution in [2.24, 2.45) is 5.92 Å². The van der Waals surface area contributed by atoms with E-state index in [-0.39, 0.29) is 43.5 Å². The second-order valence-corrected chi connectivity index (χ2v) is 9.86. The molecule has 1 aliphatic rings. The van der Waals surface area contributed by atoms with Gasteiger partial charge in [-0.1, -0.05) is 61.2 Å². The monoisotopic (exact) mass is 525 g/mol. The number of fused-ring (bicyclic) bond motifs is 3. The van der Waals surface area contributed by atoms with Crippen molar-refractivity contribution >= 4 is 35.6 Å². The molecule has 0 aliphatic heterocycles. The van der Waals surface area contributed by atoms with Crippen LogP contribution in [0.25, 0.3) is 11.1 Å². The maximum Gasteiger partial charge on any atom is 0.408 e. The van der Waals surface area contributed by atoms with Crippen molar-refractivity contribution in [3.05, 3.63) is 72.3 Å². The number of nitrogens with one attached hydrogen (secondary N) is 1. The number of amides is 1. The molecule has 0 aromatic heterocycles. The van der Waals surface area contributed by atoms with Gasteiger partial charge in [0.1, 0.15) is 13.2 Å². The van der Waals surface area contributed by atoms with Crippen LogP contribution in [0.4, 0.5) is 4.79 Å². The summed E-state index contributed by atoms with van der Waals surface area (Å²) in [5, 5.41) is 12.1. The Morgan fingerprint density at radius 1 is 1.05 bits per heavy atom. The van der Waals surface area contributed by atoms with Gasteiger partial charge in [0.2, 0.25) is 0 Å². The molecule has 8 nitrogen and oxygen atoms in total. The van der Waals surface area contributed by atoms with Crippen LogP contribution in [0.15, 0.2) is 61.2 Å². The number of hydrogen-bond acceptors (Lipinski definition) is 7. The van der Waals surface area contributed by atoms with Gasteiger partial charge in [-0.2, -0.15) is 11.8 Å². The van der Waals surface area contributed by atoms with E-state index in [0.717, 1.165) is 22.3 Å². The van der Waals surface area contributed by atoms with Crippen LogP contribution in [-0.4, -0.2) is 59.7 Å². The molecule has 0 heterocycles. The van der Waals surface area contributed by atoms with Crippen molar-refractivity contribution < 1.29 is 33.8 Å². The maximum absolute atomic E-state index is 12.6. The lowest BCUT2D eigenvalue weighted by atomic mass is 9.98. The number of thioether (sulfide) groups is 1. The summed E-state index contributed by atoms with van der Waals surface area (Å²) >= 11 is 1.32. The second kappa shape index (κ2) is 13.6. The number of aliphatic carboxylic acids is 1. The van der Waals surface area contributed by atoms with Gasteiger partial charge in [-0.15, -0.1) is 0 Å². The number of ether oxygens (including phenoxy) is 2. The highest BCUT2D eigenvalue weighted by Gasteiger charge is 2.30. The SMILES string of the molecule is C=CCOC(=O)NC(CSCCC(CC(=O)OCC1c2ccccc2-c2ccccc21)C(=O)O)C(C)=O. The number of rotatable bonds is 14. The van der Waals surface area contributed by atoms with E-state index in [4.69, 9.17) is 9.47 Å². The van der Waals surface area contributed by atoms with Crippen molar-refractivity contribution in [3.8, 4) is 11.1 Å². The average molecular weight is 526 g/mol. The summed E-state index contributed by atoms with van der Waals surface area (Å²) in [4.78, 5) is 47.8. The fraction of sp³-hybridized carbons (Fsp3) is 0.357. The molecule has 1 amide bonds. The van der Waals surface area contributed by atoms with Crippen LogP contribution in [-0.2, 0) is 23.9 Å². The van der Waals surface area contributed by atoms with Crippen LogP contribution < -0.4 is 5.32 Å². The molecule has 2 aromatic rings. The van der Waals surface area contributed by atoms with Crippen LogP contribution in [0.5, 0.6) is 0 Å². The molecule has 0 saturated heterocycles. The van der Waals surface area contributed by atoms with E-state index in [2.05, 4.69) is 11.9 Å². The van der Waals surface area contributed by atoms with Crippen molar-refractivity contribution in [1.82, 2.24) is 5.32 Å². The van der Waals surface area contributed by atoms with E-state index in [1.807, 2.05) is 48.5 Å². The standard InChI is InChI=1S/C28H31NO7S/c1-3-13-35-28(34)29-25(18(2)30)17-37-14-12-19(27(32)33)15-26(31)36-16-24-22-10-6-4-8-20(22)21-9-5-7-11-23(21)24/h3-11,19,24-25H,1,12-17H2,2H3,(H,29,34)(H,32,33). The van der Waals surface area contributed by atoms with E-state index < -0.39 is 30.0 Å². The molecular formula is C28H31NO7S. The van der Waals surface area contributed by atoms with E-state index in [1.165, 1.54) is 24.8 Å². The highest BCUT2D eigenvalue weighted by Crippen LogP contribution is 2.44. The van der Waals surface area contributed by atoms with Crippen molar-refractivity contribution in [2.75, 3.05) is 24.7 Å². The molecule has 2 unspecified atom stereocenters. The Bertz CT molecular complexity index is 1100. The molecule has 2 aromatic carbocycles. The summed E-state index contributed by atoms with van der Waals surface area (Å²) in [6.45, 7) is 4.98. The number of esters is 1. The summed E-state index contributed by atoms with van der Waals surface area (Å²) in [5.41, 5.74) is 4.41. The average Bonchev–Trinajstić information content (AvgIpc) is 3.20. The zero-order chi connectivity index (χ0) is 26.8. The first kappa shape index (κ1) is 28.0. The van der Waals surface area contributed by atoms with E-state index in [1.54, 1.807) is 0 Å². The van der Waals surface area contributed by atoms with Crippen LogP contribution in [0, 0.1) is 5.92 Å². The Balaban J connectivity index is 1.48. The lowest BCUT2D eigenvalue weighted by Gasteiger charge is -2.17. The lowest BCUT2D eigenvalue weighted by molar-refractivity contribution is -0.151. The molecule has 196 valence electrons. The molecule has 37 heavy (non-hydrogen) atoms. The fourth-order valence-electron chi connectivity index (χ4n) is 4.19. The minimum absolute atomic E-state index is 0.0275. The molecule has 2 N–H and O–H groups in total. The zero-order valence-electron chi connectivity index (χ0n) is 20.7. The first-order valence-electron chi connectivity index (χ1n) is 12.0. The number of hydrogen-bond donors (Lipinski definition) is 2. The third-order valence-corrected chi connectivity index (χ3v) is 7.24. The Morgan fingerprint density at radius 3 is 2.24 bits per heavy atom. The molecule has 0 saturated carbocycles. The minimum Gasteiger partial charge on any atom is -0.481 e. The van der Waals surface area contributed by atoms with Crippen LogP contribution in [0.1, 0.15) is 36.8 Å². The van der Waals surface area contributed by atoms with Gasteiger partial charge in [-0.05, 0) is 41.4 Å². The number of carboxylic acids is 1. The number of alkyl carbamates (subject to hydrolysis) is 1.